The molecule has 1 saturated heterocycles. The third-order valence-corrected chi connectivity index (χ3v) is 4.62. The summed E-state index contributed by atoms with van der Waals surface area (Å²) in [6.45, 7) is 2.46. The van der Waals surface area contributed by atoms with E-state index in [-0.39, 0.29) is 5.91 Å². The zero-order chi connectivity index (χ0) is 14.4. The number of rotatable bonds is 5. The van der Waals surface area contributed by atoms with Gasteiger partial charge in [0.25, 0.3) is 0 Å². The van der Waals surface area contributed by atoms with Crippen molar-refractivity contribution in [3.8, 4) is 0 Å². The molecule has 1 aliphatic rings. The van der Waals surface area contributed by atoms with E-state index in [1.54, 1.807) is 0 Å². The second-order valence-electron chi connectivity index (χ2n) is 5.21. The Morgan fingerprint density at radius 1 is 1.40 bits per heavy atom. The molecule has 0 radical (unpaired) electrons. The van der Waals surface area contributed by atoms with Crippen LogP contribution in [0.3, 0.4) is 0 Å². The summed E-state index contributed by atoms with van der Waals surface area (Å²) < 4.78 is 1.07. The molecule has 1 amide bonds. The zero-order valence-corrected chi connectivity index (χ0v) is 14.0. The molecule has 4 nitrogen and oxygen atoms in total. The van der Waals surface area contributed by atoms with Gasteiger partial charge < -0.3 is 10.6 Å². The van der Waals surface area contributed by atoms with Gasteiger partial charge in [-0.3, -0.25) is 9.69 Å². The maximum Gasteiger partial charge on any atom is 0.238 e. The van der Waals surface area contributed by atoms with Crippen LogP contribution < -0.4 is 10.6 Å². The SMILES string of the molecule is CNCC1CCCCN1CC(=O)Nc1ccccc1I. The van der Waals surface area contributed by atoms with Gasteiger partial charge in [-0.1, -0.05) is 18.6 Å². The predicted molar refractivity (Wildman–Crippen MR) is 90.9 cm³/mol. The van der Waals surface area contributed by atoms with Gasteiger partial charge in [0.2, 0.25) is 5.91 Å². The fraction of sp³-hybridized carbons (Fsp3) is 0.533. The Morgan fingerprint density at radius 2 is 2.20 bits per heavy atom. The summed E-state index contributed by atoms with van der Waals surface area (Å²) in [5.41, 5.74) is 0.903. The number of carbonyl (C=O) groups excluding carboxylic acids is 1. The van der Waals surface area contributed by atoms with E-state index < -0.39 is 0 Å². The van der Waals surface area contributed by atoms with Crippen LogP contribution in [0.5, 0.6) is 0 Å². The molecule has 0 saturated carbocycles. The summed E-state index contributed by atoms with van der Waals surface area (Å²) in [5, 5.41) is 6.24. The molecule has 1 aromatic carbocycles. The molecule has 0 spiro atoms. The van der Waals surface area contributed by atoms with Crippen LogP contribution in [-0.4, -0.2) is 43.5 Å². The second kappa shape index (κ2) is 7.95. The second-order valence-corrected chi connectivity index (χ2v) is 6.37. The minimum absolute atomic E-state index is 0.0807. The standard InChI is InChI=1S/C15H22IN3O/c1-17-10-12-6-4-5-9-19(12)11-15(20)18-14-8-3-2-7-13(14)16/h2-3,7-8,12,17H,4-6,9-11H2,1H3,(H,18,20). The van der Waals surface area contributed by atoms with Gasteiger partial charge in [-0.15, -0.1) is 0 Å². The molecule has 1 fully saturated rings. The molecule has 1 aliphatic heterocycles. The number of likely N-dealkylation sites (N-methyl/N-ethyl adjacent to an activating group) is 1. The molecule has 2 N–H and O–H groups in total. The molecular formula is C15H22IN3O. The highest BCUT2D eigenvalue weighted by Crippen LogP contribution is 2.18. The van der Waals surface area contributed by atoms with E-state index in [0.717, 1.165) is 22.3 Å². The largest absolute Gasteiger partial charge is 0.324 e. The molecule has 1 unspecified atom stereocenters. The molecule has 110 valence electrons. The smallest absolute Gasteiger partial charge is 0.238 e. The normalized spacial score (nSPS) is 19.8. The number of likely N-dealkylation sites (tertiary alicyclic amines) is 1. The average molecular weight is 387 g/mol. The van der Waals surface area contributed by atoms with E-state index in [1.807, 2.05) is 31.3 Å². The number of piperidine rings is 1. The van der Waals surface area contributed by atoms with Crippen LogP contribution in [0.15, 0.2) is 24.3 Å². The zero-order valence-electron chi connectivity index (χ0n) is 11.9. The van der Waals surface area contributed by atoms with Crippen LogP contribution >= 0.6 is 22.6 Å². The van der Waals surface area contributed by atoms with Gasteiger partial charge in [0, 0.05) is 16.2 Å². The van der Waals surface area contributed by atoms with Crippen LogP contribution in [0.4, 0.5) is 5.69 Å². The average Bonchev–Trinajstić information content (AvgIpc) is 2.44. The van der Waals surface area contributed by atoms with E-state index in [2.05, 4.69) is 38.1 Å². The third kappa shape index (κ3) is 4.43. The number of benzene rings is 1. The number of carbonyl (C=O) groups is 1. The van der Waals surface area contributed by atoms with Crippen LogP contribution in [0.2, 0.25) is 0 Å². The number of para-hydroxylation sites is 1. The molecule has 0 aromatic heterocycles. The molecule has 1 aromatic rings. The highest BCUT2D eigenvalue weighted by atomic mass is 127. The molecule has 2 rings (SSSR count). The topological polar surface area (TPSA) is 44.4 Å². The summed E-state index contributed by atoms with van der Waals surface area (Å²) in [5.74, 6) is 0.0807. The number of nitrogens with one attached hydrogen (secondary N) is 2. The van der Waals surface area contributed by atoms with Crippen molar-refractivity contribution in [2.24, 2.45) is 0 Å². The summed E-state index contributed by atoms with van der Waals surface area (Å²) in [6.07, 6.45) is 3.63. The maximum absolute atomic E-state index is 12.2. The van der Waals surface area contributed by atoms with Crippen molar-refractivity contribution >= 4 is 34.2 Å². The highest BCUT2D eigenvalue weighted by molar-refractivity contribution is 14.1. The Kier molecular flexibility index (Phi) is 6.25. The molecule has 0 aliphatic carbocycles. The van der Waals surface area contributed by atoms with Gasteiger partial charge in [0.05, 0.1) is 12.2 Å². The van der Waals surface area contributed by atoms with Crippen molar-refractivity contribution in [1.82, 2.24) is 10.2 Å². The van der Waals surface area contributed by atoms with E-state index in [4.69, 9.17) is 0 Å². The van der Waals surface area contributed by atoms with Crippen molar-refractivity contribution in [2.75, 3.05) is 32.0 Å². The van der Waals surface area contributed by atoms with E-state index in [1.165, 1.54) is 19.3 Å². The Hall–Kier alpha value is -0.660. The van der Waals surface area contributed by atoms with Gasteiger partial charge in [-0.05, 0) is 61.2 Å². The minimum Gasteiger partial charge on any atom is -0.324 e. The van der Waals surface area contributed by atoms with Gasteiger partial charge in [-0.25, -0.2) is 0 Å². The number of amides is 1. The fourth-order valence-electron chi connectivity index (χ4n) is 2.67. The third-order valence-electron chi connectivity index (χ3n) is 3.68. The van der Waals surface area contributed by atoms with E-state index in [9.17, 15) is 4.79 Å². The van der Waals surface area contributed by atoms with Crippen molar-refractivity contribution < 1.29 is 4.79 Å². The van der Waals surface area contributed by atoms with Crippen molar-refractivity contribution in [3.05, 3.63) is 27.8 Å². The minimum atomic E-state index is 0.0807. The van der Waals surface area contributed by atoms with Gasteiger partial charge >= 0.3 is 0 Å². The first-order chi connectivity index (χ1) is 9.70. The van der Waals surface area contributed by atoms with Crippen LogP contribution in [0.1, 0.15) is 19.3 Å². The van der Waals surface area contributed by atoms with Crippen LogP contribution in [0.25, 0.3) is 0 Å². The molecule has 0 bridgehead atoms. The lowest BCUT2D eigenvalue weighted by atomic mass is 10.0. The van der Waals surface area contributed by atoms with Crippen molar-refractivity contribution in [1.29, 1.82) is 0 Å². The van der Waals surface area contributed by atoms with Gasteiger partial charge in [0.1, 0.15) is 0 Å². The van der Waals surface area contributed by atoms with Crippen molar-refractivity contribution in [3.63, 3.8) is 0 Å². The summed E-state index contributed by atoms with van der Waals surface area (Å²) in [4.78, 5) is 14.5. The lowest BCUT2D eigenvalue weighted by molar-refractivity contribution is -0.118. The fourth-order valence-corrected chi connectivity index (χ4v) is 3.19. The van der Waals surface area contributed by atoms with Crippen molar-refractivity contribution in [2.45, 2.75) is 25.3 Å². The number of nitrogens with zero attached hydrogens (tertiary/aromatic N) is 1. The monoisotopic (exact) mass is 387 g/mol. The number of anilines is 1. The molecule has 1 atom stereocenters. The van der Waals surface area contributed by atoms with Gasteiger partial charge in [-0.2, -0.15) is 0 Å². The molecular weight excluding hydrogens is 365 g/mol. The van der Waals surface area contributed by atoms with Crippen LogP contribution in [0, 0.1) is 3.57 Å². The highest BCUT2D eigenvalue weighted by Gasteiger charge is 2.23. The van der Waals surface area contributed by atoms with Gasteiger partial charge in [0.15, 0.2) is 0 Å². The molecule has 5 heteroatoms. The number of hydrogen-bond acceptors (Lipinski definition) is 3. The Balaban J connectivity index is 1.91. The first-order valence-corrected chi connectivity index (χ1v) is 8.21. The Labute approximate surface area is 134 Å². The lowest BCUT2D eigenvalue weighted by Gasteiger charge is -2.35. The summed E-state index contributed by atoms with van der Waals surface area (Å²) in [7, 11) is 1.97. The van der Waals surface area contributed by atoms with E-state index >= 15 is 0 Å². The number of halogens is 1. The molecule has 1 heterocycles. The summed E-state index contributed by atoms with van der Waals surface area (Å²) in [6, 6.07) is 8.35. The van der Waals surface area contributed by atoms with Crippen LogP contribution in [-0.2, 0) is 4.79 Å². The van der Waals surface area contributed by atoms with E-state index in [0.29, 0.717) is 12.6 Å². The first-order valence-electron chi connectivity index (χ1n) is 7.13. The predicted octanol–water partition coefficient (Wildman–Crippen LogP) is 2.30. The quantitative estimate of drug-likeness (QED) is 0.763. The Bertz CT molecular complexity index is 450. The summed E-state index contributed by atoms with van der Waals surface area (Å²) >= 11 is 2.24. The Morgan fingerprint density at radius 3 is 2.95 bits per heavy atom. The number of hydrogen-bond donors (Lipinski definition) is 2. The molecule has 20 heavy (non-hydrogen) atoms. The lowest BCUT2D eigenvalue weighted by Crippen LogP contribution is -2.47. The maximum atomic E-state index is 12.2. The first kappa shape index (κ1) is 15.7.